The zero-order valence-electron chi connectivity index (χ0n) is 8.74. The zero-order chi connectivity index (χ0) is 9.97. The topological polar surface area (TPSA) is 20.2 Å². The Morgan fingerprint density at radius 2 is 2.07 bits per heavy atom. The van der Waals surface area contributed by atoms with Gasteiger partial charge in [-0.3, -0.25) is 0 Å². The Labute approximate surface area is 85.8 Å². The molecule has 1 aliphatic rings. The van der Waals surface area contributed by atoms with E-state index in [1.807, 2.05) is 0 Å². The predicted octanol–water partition coefficient (Wildman–Crippen LogP) is 2.88. The van der Waals surface area contributed by atoms with Gasteiger partial charge in [-0.15, -0.1) is 0 Å². The number of aryl methyl sites for hydroxylation is 1. The minimum Gasteiger partial charge on any atom is -0.392 e. The molecule has 1 fully saturated rings. The monoisotopic (exact) mass is 190 g/mol. The molecule has 2 rings (SSSR count). The lowest BCUT2D eigenvalue weighted by Crippen LogP contribution is -2.12. The van der Waals surface area contributed by atoms with Crippen LogP contribution in [-0.2, 0) is 6.42 Å². The number of hydrogen-bond donors (Lipinski definition) is 1. The van der Waals surface area contributed by atoms with Gasteiger partial charge in [0.05, 0.1) is 6.10 Å². The van der Waals surface area contributed by atoms with E-state index in [0.29, 0.717) is 5.92 Å². The molecule has 2 atom stereocenters. The van der Waals surface area contributed by atoms with E-state index < -0.39 is 0 Å². The molecule has 0 amide bonds. The summed E-state index contributed by atoms with van der Waals surface area (Å²) in [6.45, 7) is 2.18. The maximum absolute atomic E-state index is 9.86. The van der Waals surface area contributed by atoms with E-state index >= 15 is 0 Å². The molecule has 0 aromatic heterocycles. The van der Waals surface area contributed by atoms with E-state index in [9.17, 15) is 5.11 Å². The summed E-state index contributed by atoms with van der Waals surface area (Å²) in [6, 6.07) is 8.53. The van der Waals surface area contributed by atoms with Crippen LogP contribution in [0.5, 0.6) is 0 Å². The van der Waals surface area contributed by atoms with Gasteiger partial charge in [-0.25, -0.2) is 0 Å². The van der Waals surface area contributed by atoms with Crippen molar-refractivity contribution in [3.05, 3.63) is 35.4 Å². The SMILES string of the molecule is CCc1ccccc1[C@@H]1CCC[C@H]1O. The average molecular weight is 190 g/mol. The van der Waals surface area contributed by atoms with Gasteiger partial charge in [0.1, 0.15) is 0 Å². The highest BCUT2D eigenvalue weighted by molar-refractivity contribution is 5.31. The lowest BCUT2D eigenvalue weighted by molar-refractivity contribution is 0.163. The van der Waals surface area contributed by atoms with Crippen molar-refractivity contribution in [3.63, 3.8) is 0 Å². The van der Waals surface area contributed by atoms with Crippen molar-refractivity contribution in [2.24, 2.45) is 0 Å². The Balaban J connectivity index is 2.30. The minimum atomic E-state index is -0.109. The molecule has 1 nitrogen and oxygen atoms in total. The maximum atomic E-state index is 9.86. The quantitative estimate of drug-likeness (QED) is 0.760. The summed E-state index contributed by atoms with van der Waals surface area (Å²) in [5.74, 6) is 0.395. The van der Waals surface area contributed by atoms with E-state index in [4.69, 9.17) is 0 Å². The Morgan fingerprint density at radius 3 is 2.71 bits per heavy atom. The summed E-state index contributed by atoms with van der Waals surface area (Å²) in [7, 11) is 0. The number of hydrogen-bond acceptors (Lipinski definition) is 1. The third-order valence-corrected chi connectivity index (χ3v) is 3.31. The summed E-state index contributed by atoms with van der Waals surface area (Å²) in [5.41, 5.74) is 2.78. The largest absolute Gasteiger partial charge is 0.392 e. The summed E-state index contributed by atoms with van der Waals surface area (Å²) in [5, 5.41) is 9.86. The summed E-state index contributed by atoms with van der Waals surface area (Å²) < 4.78 is 0. The second-order valence-electron chi connectivity index (χ2n) is 4.16. The fraction of sp³-hybridized carbons (Fsp3) is 0.538. The highest BCUT2D eigenvalue weighted by Crippen LogP contribution is 2.36. The molecule has 1 N–H and O–H groups in total. The first kappa shape index (κ1) is 9.72. The van der Waals surface area contributed by atoms with Gasteiger partial charge in [0.25, 0.3) is 0 Å². The van der Waals surface area contributed by atoms with Crippen LogP contribution in [0.1, 0.15) is 43.2 Å². The van der Waals surface area contributed by atoms with Crippen molar-refractivity contribution in [2.45, 2.75) is 44.6 Å². The lowest BCUT2D eigenvalue weighted by Gasteiger charge is -2.18. The van der Waals surface area contributed by atoms with E-state index in [1.165, 1.54) is 17.5 Å². The third-order valence-electron chi connectivity index (χ3n) is 3.31. The molecule has 0 spiro atoms. The molecule has 0 aliphatic heterocycles. The molecule has 1 heteroatoms. The van der Waals surface area contributed by atoms with Crippen LogP contribution in [0.25, 0.3) is 0 Å². The maximum Gasteiger partial charge on any atom is 0.0608 e. The van der Waals surface area contributed by atoms with Gasteiger partial charge in [-0.1, -0.05) is 37.6 Å². The Hall–Kier alpha value is -0.820. The molecule has 1 aromatic carbocycles. The van der Waals surface area contributed by atoms with Gasteiger partial charge < -0.3 is 5.11 Å². The lowest BCUT2D eigenvalue weighted by atomic mass is 9.90. The van der Waals surface area contributed by atoms with Gasteiger partial charge >= 0.3 is 0 Å². The second-order valence-corrected chi connectivity index (χ2v) is 4.16. The van der Waals surface area contributed by atoms with Crippen molar-refractivity contribution in [3.8, 4) is 0 Å². The molecule has 1 aliphatic carbocycles. The zero-order valence-corrected chi connectivity index (χ0v) is 8.74. The highest BCUT2D eigenvalue weighted by Gasteiger charge is 2.27. The molecule has 0 unspecified atom stereocenters. The molecular formula is C13H18O. The highest BCUT2D eigenvalue weighted by atomic mass is 16.3. The normalized spacial score (nSPS) is 26.7. The molecule has 1 aromatic rings. The van der Waals surface area contributed by atoms with Crippen molar-refractivity contribution in [2.75, 3.05) is 0 Å². The van der Waals surface area contributed by atoms with E-state index in [1.54, 1.807) is 0 Å². The predicted molar refractivity (Wildman–Crippen MR) is 58.4 cm³/mol. The standard InChI is InChI=1S/C13H18O/c1-2-10-6-3-4-7-11(10)12-8-5-9-13(12)14/h3-4,6-7,12-14H,2,5,8-9H2,1H3/t12-,13+/m0/s1. The third kappa shape index (κ3) is 1.69. The molecular weight excluding hydrogens is 172 g/mol. The Morgan fingerprint density at radius 1 is 1.29 bits per heavy atom. The van der Waals surface area contributed by atoms with Gasteiger partial charge in [0, 0.05) is 5.92 Å². The fourth-order valence-electron chi connectivity index (χ4n) is 2.52. The number of rotatable bonds is 2. The minimum absolute atomic E-state index is 0.109. The molecule has 0 bridgehead atoms. The van der Waals surface area contributed by atoms with E-state index in [-0.39, 0.29) is 6.10 Å². The number of aliphatic hydroxyl groups is 1. The van der Waals surface area contributed by atoms with Crippen LogP contribution in [0.3, 0.4) is 0 Å². The van der Waals surface area contributed by atoms with Crippen molar-refractivity contribution in [1.29, 1.82) is 0 Å². The van der Waals surface area contributed by atoms with Gasteiger partial charge in [0.2, 0.25) is 0 Å². The van der Waals surface area contributed by atoms with E-state index in [2.05, 4.69) is 31.2 Å². The molecule has 0 heterocycles. The van der Waals surface area contributed by atoms with Gasteiger partial charge in [-0.05, 0) is 30.4 Å². The Kier molecular flexibility index (Phi) is 2.87. The van der Waals surface area contributed by atoms with Crippen LogP contribution in [0.15, 0.2) is 24.3 Å². The molecule has 76 valence electrons. The van der Waals surface area contributed by atoms with Crippen molar-refractivity contribution < 1.29 is 5.11 Å². The molecule has 0 radical (unpaired) electrons. The van der Waals surface area contributed by atoms with Gasteiger partial charge in [0.15, 0.2) is 0 Å². The van der Waals surface area contributed by atoms with Crippen LogP contribution in [-0.4, -0.2) is 11.2 Å². The molecule has 1 saturated carbocycles. The van der Waals surface area contributed by atoms with Crippen LogP contribution in [0, 0.1) is 0 Å². The van der Waals surface area contributed by atoms with Gasteiger partial charge in [-0.2, -0.15) is 0 Å². The van der Waals surface area contributed by atoms with Crippen LogP contribution >= 0.6 is 0 Å². The van der Waals surface area contributed by atoms with Crippen LogP contribution in [0.4, 0.5) is 0 Å². The fourth-order valence-corrected chi connectivity index (χ4v) is 2.52. The summed E-state index contributed by atoms with van der Waals surface area (Å²) in [4.78, 5) is 0. The summed E-state index contributed by atoms with van der Waals surface area (Å²) >= 11 is 0. The smallest absolute Gasteiger partial charge is 0.0608 e. The first-order valence-corrected chi connectivity index (χ1v) is 5.58. The first-order chi connectivity index (χ1) is 6.83. The molecule has 0 saturated heterocycles. The van der Waals surface area contributed by atoms with Crippen molar-refractivity contribution >= 4 is 0 Å². The molecule has 14 heavy (non-hydrogen) atoms. The average Bonchev–Trinajstić information content (AvgIpc) is 2.64. The summed E-state index contributed by atoms with van der Waals surface area (Å²) in [6.07, 6.45) is 4.26. The number of benzene rings is 1. The van der Waals surface area contributed by atoms with E-state index in [0.717, 1.165) is 19.3 Å². The second kappa shape index (κ2) is 4.14. The van der Waals surface area contributed by atoms with Crippen molar-refractivity contribution in [1.82, 2.24) is 0 Å². The Bertz CT molecular complexity index is 306. The first-order valence-electron chi connectivity index (χ1n) is 5.58. The number of aliphatic hydroxyl groups excluding tert-OH is 1. The van der Waals surface area contributed by atoms with Crippen LogP contribution in [0.2, 0.25) is 0 Å². The van der Waals surface area contributed by atoms with Crippen LogP contribution < -0.4 is 0 Å².